The third kappa shape index (κ3) is 3.87. The van der Waals surface area contributed by atoms with Gasteiger partial charge in [-0.3, -0.25) is 9.59 Å². The monoisotopic (exact) mass is 461 g/mol. The number of carbonyl (C=O) groups excluding carboxylic acids is 1. The van der Waals surface area contributed by atoms with E-state index in [-0.39, 0.29) is 18.0 Å². The van der Waals surface area contributed by atoms with Crippen LogP contribution >= 0.6 is 11.6 Å². The van der Waals surface area contributed by atoms with Gasteiger partial charge in [-0.05, 0) is 42.5 Å². The second-order valence-electron chi connectivity index (χ2n) is 7.58. The van der Waals surface area contributed by atoms with Crippen LogP contribution in [0.15, 0.2) is 77.6 Å². The van der Waals surface area contributed by atoms with Crippen molar-refractivity contribution in [1.82, 2.24) is 9.36 Å². The van der Waals surface area contributed by atoms with E-state index in [1.54, 1.807) is 42.1 Å². The van der Waals surface area contributed by atoms with Crippen LogP contribution in [0.1, 0.15) is 11.1 Å². The van der Waals surface area contributed by atoms with Gasteiger partial charge in [0.25, 0.3) is 5.56 Å². The van der Waals surface area contributed by atoms with Crippen LogP contribution in [0.2, 0.25) is 5.02 Å². The van der Waals surface area contributed by atoms with Gasteiger partial charge in [-0.1, -0.05) is 41.9 Å². The van der Waals surface area contributed by atoms with Crippen molar-refractivity contribution < 1.29 is 14.3 Å². The Morgan fingerprint density at radius 3 is 2.55 bits per heavy atom. The number of nitrogens with one attached hydrogen (secondary N) is 1. The lowest BCUT2D eigenvalue weighted by Crippen LogP contribution is -2.27. The van der Waals surface area contributed by atoms with Gasteiger partial charge in [0, 0.05) is 22.7 Å². The van der Waals surface area contributed by atoms with Crippen molar-refractivity contribution in [2.24, 2.45) is 0 Å². The van der Waals surface area contributed by atoms with E-state index in [2.05, 4.69) is 5.32 Å². The zero-order valence-electron chi connectivity index (χ0n) is 17.7. The maximum Gasteiger partial charge on any atom is 0.278 e. The van der Waals surface area contributed by atoms with E-state index in [1.165, 1.54) is 4.68 Å². The number of nitrogens with zero attached hydrogens (tertiary/aromatic N) is 2. The minimum atomic E-state index is -0.311. The molecule has 3 aromatic carbocycles. The van der Waals surface area contributed by atoms with Crippen LogP contribution in [-0.4, -0.2) is 22.4 Å². The maximum absolute atomic E-state index is 13.5. The molecule has 33 heavy (non-hydrogen) atoms. The van der Waals surface area contributed by atoms with E-state index in [0.29, 0.717) is 45.8 Å². The molecule has 1 aromatic heterocycles. The van der Waals surface area contributed by atoms with Gasteiger partial charge in [0.1, 0.15) is 6.54 Å². The molecule has 166 valence electrons. The number of methoxy groups -OCH3 is 1. The standard InChI is InChI=1S/C25H20ClN3O4/c1-32-21-9-5-6-16-14-20-24(31)29(19-7-3-2-4-8-19)28(25(20)33-23(16)21)15-22(30)27-18-12-10-17(26)11-13-18/h2-13H,14-15H2,1H3,(H,27,30). The van der Waals surface area contributed by atoms with Gasteiger partial charge in [-0.25, -0.2) is 9.36 Å². The highest BCUT2D eigenvalue weighted by atomic mass is 35.5. The highest BCUT2D eigenvalue weighted by Crippen LogP contribution is 2.41. The number of hydrogen-bond donors (Lipinski definition) is 1. The SMILES string of the molecule is COc1cccc2c1Oc1c(c(=O)n(-c3ccccc3)n1CC(=O)Nc1ccc(Cl)cc1)C2. The fourth-order valence-electron chi connectivity index (χ4n) is 3.94. The Balaban J connectivity index is 1.58. The van der Waals surface area contributed by atoms with Gasteiger partial charge in [0.2, 0.25) is 11.8 Å². The zero-order chi connectivity index (χ0) is 22.9. The largest absolute Gasteiger partial charge is 0.493 e. The summed E-state index contributed by atoms with van der Waals surface area (Å²) in [6.45, 7) is -0.132. The summed E-state index contributed by atoms with van der Waals surface area (Å²) in [4.78, 5) is 26.4. The first-order valence-electron chi connectivity index (χ1n) is 10.3. The molecule has 4 aromatic rings. The van der Waals surface area contributed by atoms with Crippen molar-refractivity contribution in [1.29, 1.82) is 0 Å². The van der Waals surface area contributed by atoms with Gasteiger partial charge in [0.05, 0.1) is 18.4 Å². The molecule has 0 bridgehead atoms. The molecule has 0 fully saturated rings. The van der Waals surface area contributed by atoms with Crippen molar-refractivity contribution >= 4 is 23.2 Å². The Labute approximate surface area is 194 Å². The summed E-state index contributed by atoms with van der Waals surface area (Å²) in [6.07, 6.45) is 0.374. The van der Waals surface area contributed by atoms with Crippen molar-refractivity contribution in [2.75, 3.05) is 12.4 Å². The van der Waals surface area contributed by atoms with Crippen molar-refractivity contribution in [3.05, 3.63) is 99.3 Å². The molecule has 1 amide bonds. The molecule has 7 nitrogen and oxygen atoms in total. The third-order valence-corrected chi connectivity index (χ3v) is 5.70. The van der Waals surface area contributed by atoms with Crippen LogP contribution in [-0.2, 0) is 17.8 Å². The summed E-state index contributed by atoms with van der Waals surface area (Å²) in [6, 6.07) is 21.6. The lowest BCUT2D eigenvalue weighted by Gasteiger charge is -2.21. The van der Waals surface area contributed by atoms with Gasteiger partial charge in [-0.15, -0.1) is 0 Å². The predicted octanol–water partition coefficient (Wildman–Crippen LogP) is 4.64. The fourth-order valence-corrected chi connectivity index (χ4v) is 4.07. The Morgan fingerprint density at radius 2 is 1.82 bits per heavy atom. The number of para-hydroxylation sites is 2. The molecular formula is C25H20ClN3O4. The Morgan fingerprint density at radius 1 is 1.06 bits per heavy atom. The molecule has 0 unspecified atom stereocenters. The number of hydrogen-bond acceptors (Lipinski definition) is 4. The molecule has 2 heterocycles. The average molecular weight is 462 g/mol. The number of amides is 1. The minimum absolute atomic E-state index is 0.132. The van der Waals surface area contributed by atoms with E-state index in [1.807, 2.05) is 42.5 Å². The first-order chi connectivity index (χ1) is 16.0. The number of anilines is 1. The number of benzene rings is 3. The molecule has 0 aliphatic carbocycles. The summed E-state index contributed by atoms with van der Waals surface area (Å²) in [5, 5.41) is 3.42. The normalized spacial score (nSPS) is 11.8. The third-order valence-electron chi connectivity index (χ3n) is 5.45. The first-order valence-corrected chi connectivity index (χ1v) is 10.7. The van der Waals surface area contributed by atoms with Crippen LogP contribution in [0.25, 0.3) is 5.69 Å². The lowest BCUT2D eigenvalue weighted by molar-refractivity contribution is -0.117. The van der Waals surface area contributed by atoms with Crippen molar-refractivity contribution in [2.45, 2.75) is 13.0 Å². The molecule has 5 rings (SSSR count). The van der Waals surface area contributed by atoms with E-state index >= 15 is 0 Å². The Bertz CT molecular complexity index is 1390. The summed E-state index contributed by atoms with van der Waals surface area (Å²) in [5.41, 5.74) is 2.34. The van der Waals surface area contributed by atoms with Crippen LogP contribution < -0.4 is 20.3 Å². The molecule has 1 N–H and O–H groups in total. The molecule has 0 saturated carbocycles. The quantitative estimate of drug-likeness (QED) is 0.414. The molecule has 1 aliphatic rings. The molecule has 0 spiro atoms. The Kier molecular flexibility index (Phi) is 5.40. The van der Waals surface area contributed by atoms with Crippen LogP contribution in [0.5, 0.6) is 17.4 Å². The topological polar surface area (TPSA) is 74.5 Å². The maximum atomic E-state index is 13.5. The second kappa shape index (κ2) is 8.52. The van der Waals surface area contributed by atoms with Gasteiger partial charge in [0.15, 0.2) is 11.5 Å². The summed E-state index contributed by atoms with van der Waals surface area (Å²) >= 11 is 5.93. The zero-order valence-corrected chi connectivity index (χ0v) is 18.5. The molecule has 0 saturated heterocycles. The van der Waals surface area contributed by atoms with Crippen LogP contribution in [0, 0.1) is 0 Å². The fraction of sp³-hybridized carbons (Fsp3) is 0.120. The molecule has 0 radical (unpaired) electrons. The Hall–Kier alpha value is -3.97. The van der Waals surface area contributed by atoms with Gasteiger partial charge < -0.3 is 14.8 Å². The van der Waals surface area contributed by atoms with E-state index in [9.17, 15) is 9.59 Å². The number of aromatic nitrogens is 2. The van der Waals surface area contributed by atoms with Gasteiger partial charge in [-0.2, -0.15) is 0 Å². The number of rotatable bonds is 5. The molecular weight excluding hydrogens is 442 g/mol. The molecule has 8 heteroatoms. The number of ether oxygens (including phenoxy) is 2. The van der Waals surface area contributed by atoms with E-state index in [4.69, 9.17) is 21.1 Å². The molecule has 0 atom stereocenters. The number of carbonyl (C=O) groups is 1. The summed E-state index contributed by atoms with van der Waals surface area (Å²) in [5.74, 6) is 1.13. The second-order valence-corrected chi connectivity index (χ2v) is 8.01. The van der Waals surface area contributed by atoms with Crippen molar-refractivity contribution in [3.63, 3.8) is 0 Å². The summed E-state index contributed by atoms with van der Waals surface area (Å²) in [7, 11) is 1.57. The highest BCUT2D eigenvalue weighted by molar-refractivity contribution is 6.30. The molecule has 1 aliphatic heterocycles. The van der Waals surface area contributed by atoms with Crippen LogP contribution in [0.3, 0.4) is 0 Å². The van der Waals surface area contributed by atoms with Crippen molar-refractivity contribution in [3.8, 4) is 23.1 Å². The van der Waals surface area contributed by atoms with E-state index in [0.717, 1.165) is 5.56 Å². The van der Waals surface area contributed by atoms with Crippen LogP contribution in [0.4, 0.5) is 5.69 Å². The lowest BCUT2D eigenvalue weighted by atomic mass is 10.0. The predicted molar refractivity (Wildman–Crippen MR) is 126 cm³/mol. The van der Waals surface area contributed by atoms with E-state index < -0.39 is 0 Å². The summed E-state index contributed by atoms with van der Waals surface area (Å²) < 4.78 is 14.7. The highest BCUT2D eigenvalue weighted by Gasteiger charge is 2.30. The van der Waals surface area contributed by atoms with Gasteiger partial charge >= 0.3 is 0 Å². The number of halogens is 1. The average Bonchev–Trinajstić information content (AvgIpc) is 3.09. The number of fused-ring (bicyclic) bond motifs is 2. The smallest absolute Gasteiger partial charge is 0.278 e. The first kappa shape index (κ1) is 20.9. The minimum Gasteiger partial charge on any atom is -0.493 e.